The number of nitrogens with zero attached hydrogens (tertiary/aromatic N) is 3. The molecule has 31 heavy (non-hydrogen) atoms. The van der Waals surface area contributed by atoms with Crippen molar-refractivity contribution in [1.29, 1.82) is 0 Å². The van der Waals surface area contributed by atoms with E-state index in [0.29, 0.717) is 18.7 Å². The van der Waals surface area contributed by atoms with Gasteiger partial charge in [0.1, 0.15) is 5.82 Å². The first-order valence-electron chi connectivity index (χ1n) is 10.4. The second-order valence-corrected chi connectivity index (χ2v) is 7.56. The number of aromatic nitrogens is 2. The molecule has 5 rings (SSSR count). The van der Waals surface area contributed by atoms with Gasteiger partial charge in [-0.05, 0) is 52.9 Å². The monoisotopic (exact) mass is 406 g/mol. The highest BCUT2D eigenvalue weighted by Gasteiger charge is 2.25. The minimum atomic E-state index is -0.00464. The van der Waals surface area contributed by atoms with E-state index in [2.05, 4.69) is 45.6 Å². The molecule has 0 saturated carbocycles. The van der Waals surface area contributed by atoms with Gasteiger partial charge in [-0.1, -0.05) is 48.5 Å². The Morgan fingerprint density at radius 1 is 0.903 bits per heavy atom. The number of hydrogen-bond acceptors (Lipinski definition) is 4. The fraction of sp³-hybridized carbons (Fsp3) is 0.115. The smallest absolute Gasteiger partial charge is 0.259 e. The van der Waals surface area contributed by atoms with Gasteiger partial charge in [0.2, 0.25) is 0 Å². The number of carbonyl (C=O) groups is 1. The van der Waals surface area contributed by atoms with Crippen LogP contribution in [0.15, 0.2) is 91.4 Å². The topological polar surface area (TPSA) is 58.1 Å². The average molecular weight is 406 g/mol. The lowest BCUT2D eigenvalue weighted by Crippen LogP contribution is -2.28. The second kappa shape index (κ2) is 8.40. The highest BCUT2D eigenvalue weighted by atomic mass is 16.2. The predicted molar refractivity (Wildman–Crippen MR) is 123 cm³/mol. The van der Waals surface area contributed by atoms with Crippen LogP contribution in [0.3, 0.4) is 0 Å². The summed E-state index contributed by atoms with van der Waals surface area (Å²) in [5, 5.41) is 3.32. The van der Waals surface area contributed by atoms with E-state index in [1.54, 1.807) is 12.4 Å². The lowest BCUT2D eigenvalue weighted by molar-refractivity contribution is 0.0989. The summed E-state index contributed by atoms with van der Waals surface area (Å²) in [5.74, 6) is 0.740. The Morgan fingerprint density at radius 2 is 1.77 bits per heavy atom. The number of benzene rings is 2. The summed E-state index contributed by atoms with van der Waals surface area (Å²) < 4.78 is 0. The Labute approximate surface area is 181 Å². The van der Waals surface area contributed by atoms with Gasteiger partial charge in [0.25, 0.3) is 5.91 Å². The molecule has 4 aromatic rings. The molecule has 5 heteroatoms. The molecule has 0 atom stereocenters. The lowest BCUT2D eigenvalue weighted by atomic mass is 10.1. The zero-order valence-electron chi connectivity index (χ0n) is 17.0. The molecular weight excluding hydrogens is 384 g/mol. The Balaban J connectivity index is 1.21. The van der Waals surface area contributed by atoms with E-state index in [9.17, 15) is 4.79 Å². The normalized spacial score (nSPS) is 12.5. The molecule has 5 nitrogen and oxygen atoms in total. The van der Waals surface area contributed by atoms with Crippen molar-refractivity contribution in [3.05, 3.63) is 108 Å². The minimum Gasteiger partial charge on any atom is -0.366 e. The Morgan fingerprint density at radius 3 is 2.55 bits per heavy atom. The first kappa shape index (κ1) is 19.0. The lowest BCUT2D eigenvalue weighted by Gasteiger charge is -2.17. The molecule has 2 aromatic heterocycles. The summed E-state index contributed by atoms with van der Waals surface area (Å²) in [6.07, 6.45) is 6.18. The van der Waals surface area contributed by atoms with E-state index in [4.69, 9.17) is 0 Å². The summed E-state index contributed by atoms with van der Waals surface area (Å²) in [4.78, 5) is 23.4. The van der Waals surface area contributed by atoms with Gasteiger partial charge in [-0.15, -0.1) is 0 Å². The van der Waals surface area contributed by atoms with Crippen molar-refractivity contribution in [2.75, 3.05) is 16.8 Å². The number of carbonyl (C=O) groups excluding carboxylic acids is 1. The van der Waals surface area contributed by atoms with Crippen molar-refractivity contribution in [3.8, 4) is 11.1 Å². The molecule has 3 heterocycles. The fourth-order valence-electron chi connectivity index (χ4n) is 3.87. The Hall–Kier alpha value is -3.99. The van der Waals surface area contributed by atoms with Crippen molar-refractivity contribution >= 4 is 17.4 Å². The van der Waals surface area contributed by atoms with Crippen LogP contribution in [0.2, 0.25) is 0 Å². The summed E-state index contributed by atoms with van der Waals surface area (Å²) in [6, 6.07) is 24.1. The molecule has 0 spiro atoms. The molecule has 0 bridgehead atoms. The first-order chi connectivity index (χ1) is 15.3. The van der Waals surface area contributed by atoms with Crippen molar-refractivity contribution < 1.29 is 4.79 Å². The number of amides is 1. The van der Waals surface area contributed by atoms with E-state index in [0.717, 1.165) is 34.6 Å². The van der Waals surface area contributed by atoms with Gasteiger partial charge in [-0.3, -0.25) is 9.78 Å². The summed E-state index contributed by atoms with van der Waals surface area (Å²) in [5.41, 5.74) is 6.22. The molecule has 0 aliphatic carbocycles. The maximum atomic E-state index is 12.9. The molecule has 1 aliphatic heterocycles. The maximum Gasteiger partial charge on any atom is 0.259 e. The predicted octanol–water partition coefficient (Wildman–Crippen LogP) is 4.96. The molecule has 0 fully saturated rings. The van der Waals surface area contributed by atoms with Crippen molar-refractivity contribution in [2.24, 2.45) is 0 Å². The van der Waals surface area contributed by atoms with Crippen LogP contribution in [0.4, 0.5) is 11.5 Å². The van der Waals surface area contributed by atoms with Crippen molar-refractivity contribution in [1.82, 2.24) is 9.97 Å². The van der Waals surface area contributed by atoms with Crippen LogP contribution in [0.5, 0.6) is 0 Å². The van der Waals surface area contributed by atoms with Crippen LogP contribution in [-0.2, 0) is 13.0 Å². The van der Waals surface area contributed by atoms with Gasteiger partial charge in [0.05, 0.1) is 5.56 Å². The molecular formula is C26H22N4O. The van der Waals surface area contributed by atoms with E-state index in [-0.39, 0.29) is 5.91 Å². The van der Waals surface area contributed by atoms with Gasteiger partial charge < -0.3 is 10.2 Å². The standard InChI is InChI=1S/C26H22N4O/c31-26(30-15-13-21-4-1-2-6-24(21)30)23-11-12-25(29-18-23)28-16-19-7-9-20(10-8-19)22-5-3-14-27-17-22/h1-12,14,17-18H,13,15-16H2,(H,28,29). The van der Waals surface area contributed by atoms with Crippen LogP contribution >= 0.6 is 0 Å². The summed E-state index contributed by atoms with van der Waals surface area (Å²) in [7, 11) is 0. The van der Waals surface area contributed by atoms with Gasteiger partial charge in [-0.25, -0.2) is 4.98 Å². The minimum absolute atomic E-state index is 0.00464. The number of hydrogen-bond donors (Lipinski definition) is 1. The Kier molecular flexibility index (Phi) is 5.15. The molecule has 0 saturated heterocycles. The maximum absolute atomic E-state index is 12.9. The average Bonchev–Trinajstić information content (AvgIpc) is 3.28. The van der Waals surface area contributed by atoms with E-state index in [1.807, 2.05) is 53.6 Å². The van der Waals surface area contributed by atoms with Gasteiger partial charge in [0.15, 0.2) is 0 Å². The molecule has 152 valence electrons. The highest BCUT2D eigenvalue weighted by Crippen LogP contribution is 2.28. The largest absolute Gasteiger partial charge is 0.366 e. The molecule has 2 aromatic carbocycles. The number of anilines is 2. The molecule has 1 amide bonds. The molecule has 1 N–H and O–H groups in total. The van der Waals surface area contributed by atoms with Gasteiger partial charge in [0, 0.05) is 37.4 Å². The van der Waals surface area contributed by atoms with Crippen LogP contribution in [0.1, 0.15) is 21.5 Å². The molecule has 0 radical (unpaired) electrons. The third-order valence-electron chi connectivity index (χ3n) is 5.57. The second-order valence-electron chi connectivity index (χ2n) is 7.56. The summed E-state index contributed by atoms with van der Waals surface area (Å²) in [6.45, 7) is 1.38. The van der Waals surface area contributed by atoms with Crippen LogP contribution < -0.4 is 10.2 Å². The molecule has 1 aliphatic rings. The quantitative estimate of drug-likeness (QED) is 0.509. The number of para-hydroxylation sites is 1. The van der Waals surface area contributed by atoms with Crippen molar-refractivity contribution in [2.45, 2.75) is 13.0 Å². The fourth-order valence-corrected chi connectivity index (χ4v) is 3.87. The van der Waals surface area contributed by atoms with E-state index in [1.165, 1.54) is 5.56 Å². The van der Waals surface area contributed by atoms with E-state index >= 15 is 0 Å². The van der Waals surface area contributed by atoms with Crippen molar-refractivity contribution in [3.63, 3.8) is 0 Å². The number of fused-ring (bicyclic) bond motifs is 1. The summed E-state index contributed by atoms with van der Waals surface area (Å²) >= 11 is 0. The number of rotatable bonds is 5. The van der Waals surface area contributed by atoms with Gasteiger partial charge in [-0.2, -0.15) is 0 Å². The first-order valence-corrected chi connectivity index (χ1v) is 10.4. The van der Waals surface area contributed by atoms with Crippen LogP contribution in [0.25, 0.3) is 11.1 Å². The molecule has 0 unspecified atom stereocenters. The van der Waals surface area contributed by atoms with E-state index < -0.39 is 0 Å². The number of nitrogens with one attached hydrogen (secondary N) is 1. The Bertz CT molecular complexity index is 1190. The third-order valence-corrected chi connectivity index (χ3v) is 5.57. The van der Waals surface area contributed by atoms with Gasteiger partial charge >= 0.3 is 0 Å². The number of pyridine rings is 2. The van der Waals surface area contributed by atoms with Crippen LogP contribution in [-0.4, -0.2) is 22.4 Å². The SMILES string of the molecule is O=C(c1ccc(NCc2ccc(-c3cccnc3)cc2)nc1)N1CCc2ccccc21. The zero-order valence-corrected chi connectivity index (χ0v) is 17.0. The van der Waals surface area contributed by atoms with Crippen LogP contribution in [0, 0.1) is 0 Å². The third kappa shape index (κ3) is 4.03. The zero-order chi connectivity index (χ0) is 21.0. The highest BCUT2D eigenvalue weighted by molar-refractivity contribution is 6.07.